The zero-order valence-electron chi connectivity index (χ0n) is 24.6. The van der Waals surface area contributed by atoms with Crippen LogP contribution in [0.15, 0.2) is 24.3 Å². The summed E-state index contributed by atoms with van der Waals surface area (Å²) in [5, 5.41) is 19.9. The van der Waals surface area contributed by atoms with E-state index in [0.29, 0.717) is 18.6 Å². The maximum atomic E-state index is 14.2. The Morgan fingerprint density at radius 1 is 0.633 bits per heavy atom. The molecule has 2 aliphatic rings. The molecule has 2 N–H and O–H groups in total. The highest BCUT2D eigenvalue weighted by atomic mass is 19.4. The van der Waals surface area contributed by atoms with Gasteiger partial charge in [0.1, 0.15) is 6.79 Å². The molecule has 2 fully saturated rings. The summed E-state index contributed by atoms with van der Waals surface area (Å²) in [4.78, 5) is 0. The van der Waals surface area contributed by atoms with Crippen molar-refractivity contribution in [2.75, 3.05) is 6.79 Å². The first-order valence-corrected chi connectivity index (χ1v) is 14.0. The monoisotopic (exact) mass is 756 g/mol. The van der Waals surface area contributed by atoms with E-state index in [9.17, 15) is 89.2 Å². The summed E-state index contributed by atoms with van der Waals surface area (Å²) < 4.78 is 260. The highest BCUT2D eigenvalue weighted by Gasteiger charge is 2.86. The second-order valence-electron chi connectivity index (χ2n) is 12.0. The summed E-state index contributed by atoms with van der Waals surface area (Å²) in [5.41, 5.74) is -19.3. The normalized spacial score (nSPS) is 25.6. The molecule has 49 heavy (non-hydrogen) atoms. The molecule has 2 saturated carbocycles. The van der Waals surface area contributed by atoms with Crippen LogP contribution in [0.4, 0.5) is 79.0 Å². The number of benzene rings is 1. The van der Waals surface area contributed by atoms with Crippen LogP contribution >= 0.6 is 0 Å². The number of alkyl halides is 18. The number of ether oxygens (including phenoxy) is 2. The maximum Gasteiger partial charge on any atom is 0.430 e. The van der Waals surface area contributed by atoms with E-state index in [-0.39, 0.29) is 11.5 Å². The topological polar surface area (TPSA) is 58.9 Å². The molecule has 22 heteroatoms. The largest absolute Gasteiger partial charge is 0.430 e. The van der Waals surface area contributed by atoms with Gasteiger partial charge in [-0.25, -0.2) is 0 Å². The average Bonchev–Trinajstić information content (AvgIpc) is 3.49. The van der Waals surface area contributed by atoms with Crippen molar-refractivity contribution in [3.63, 3.8) is 0 Å². The first kappa shape index (κ1) is 41.2. The maximum absolute atomic E-state index is 14.2. The lowest BCUT2D eigenvalue weighted by molar-refractivity contribution is -0.430. The van der Waals surface area contributed by atoms with Gasteiger partial charge in [0.2, 0.25) is 0 Å². The van der Waals surface area contributed by atoms with Crippen molar-refractivity contribution >= 4 is 0 Å². The quantitative estimate of drug-likeness (QED) is 0.195. The van der Waals surface area contributed by atoms with Crippen LogP contribution in [0.5, 0.6) is 0 Å². The lowest BCUT2D eigenvalue weighted by atomic mass is 9.62. The van der Waals surface area contributed by atoms with E-state index in [1.807, 2.05) is 0 Å². The van der Waals surface area contributed by atoms with E-state index in [1.54, 1.807) is 13.8 Å². The van der Waals surface area contributed by atoms with Gasteiger partial charge in [0.25, 0.3) is 16.8 Å². The summed E-state index contributed by atoms with van der Waals surface area (Å²) in [7, 11) is 0. The smallest absolute Gasteiger partial charge is 0.373 e. The van der Waals surface area contributed by atoms with Crippen LogP contribution < -0.4 is 0 Å². The van der Waals surface area contributed by atoms with Gasteiger partial charge in [-0.15, -0.1) is 0 Å². The zero-order valence-corrected chi connectivity index (χ0v) is 24.6. The van der Waals surface area contributed by atoms with E-state index in [1.165, 1.54) is 0 Å². The van der Waals surface area contributed by atoms with Gasteiger partial charge in [0.15, 0.2) is 0 Å². The molecule has 0 aromatic heterocycles. The van der Waals surface area contributed by atoms with E-state index in [2.05, 4.69) is 9.47 Å². The highest BCUT2D eigenvalue weighted by Crippen LogP contribution is 2.68. The van der Waals surface area contributed by atoms with Gasteiger partial charge in [0, 0.05) is 17.4 Å². The number of fused-ring (bicyclic) bond motifs is 2. The van der Waals surface area contributed by atoms with Gasteiger partial charge >= 0.3 is 37.1 Å². The van der Waals surface area contributed by atoms with Crippen molar-refractivity contribution < 1.29 is 98.7 Å². The molecule has 0 saturated heterocycles. The summed E-state index contributed by atoms with van der Waals surface area (Å²) in [6, 6.07) is 2.53. The number of halogens is 18. The van der Waals surface area contributed by atoms with E-state index in [0.717, 1.165) is 12.1 Å². The van der Waals surface area contributed by atoms with Gasteiger partial charge in [0.05, 0.1) is 6.10 Å². The summed E-state index contributed by atoms with van der Waals surface area (Å²) >= 11 is 0. The number of aliphatic hydroxyl groups is 2. The van der Waals surface area contributed by atoms with Crippen molar-refractivity contribution in [1.29, 1.82) is 0 Å². The van der Waals surface area contributed by atoms with E-state index < -0.39 is 109 Å². The SMILES string of the molecule is CCC(C)c1ccc(C(OCOC2CC3CC2C(C(O)(C(F)(F)F)C(F)(F)F)C3C(O)(C(F)(F)F)C(F)(F)F)(C(F)(F)F)C(F)(F)F)cc1. The Labute approximate surface area is 264 Å². The van der Waals surface area contributed by atoms with Crippen molar-refractivity contribution in [1.82, 2.24) is 0 Å². The highest BCUT2D eigenvalue weighted by molar-refractivity contribution is 5.32. The van der Waals surface area contributed by atoms with Gasteiger partial charge < -0.3 is 19.7 Å². The van der Waals surface area contributed by atoms with Gasteiger partial charge in [-0.3, -0.25) is 0 Å². The van der Waals surface area contributed by atoms with Crippen molar-refractivity contribution in [2.45, 2.75) is 99.0 Å². The number of hydrogen-bond donors (Lipinski definition) is 2. The summed E-state index contributed by atoms with van der Waals surface area (Å²) in [5.74, 6) is -14.3. The standard InChI is InChI=1S/C27H26F18O4/c1-3-11(2)12-4-6-14(7-5-12)21(26(40,41)42,27(43,44)45)49-10-48-16-9-13-8-15(16)18(20(47,24(34,35)36)25(37,38)39)17(13)19(46,22(28,29)30)23(31,32)33/h4-7,11,13,15-18,46-47H,3,8-10H2,1-2H3. The fraction of sp³-hybridized carbons (Fsp3) is 0.778. The van der Waals surface area contributed by atoms with E-state index in [4.69, 9.17) is 0 Å². The van der Waals surface area contributed by atoms with Crippen molar-refractivity contribution in [2.24, 2.45) is 23.7 Å². The number of rotatable bonds is 9. The first-order chi connectivity index (χ1) is 21.8. The van der Waals surface area contributed by atoms with Crippen LogP contribution in [0.3, 0.4) is 0 Å². The molecular formula is C27H26F18O4. The minimum atomic E-state index is -7.08. The van der Waals surface area contributed by atoms with Crippen LogP contribution in [-0.2, 0) is 15.1 Å². The predicted molar refractivity (Wildman–Crippen MR) is 127 cm³/mol. The minimum absolute atomic E-state index is 0.280. The molecule has 284 valence electrons. The second-order valence-corrected chi connectivity index (χ2v) is 12.0. The third kappa shape index (κ3) is 6.44. The molecule has 2 bridgehead atoms. The van der Waals surface area contributed by atoms with E-state index >= 15 is 0 Å². The third-order valence-corrected chi connectivity index (χ3v) is 9.49. The van der Waals surface area contributed by atoms with Crippen LogP contribution in [0.1, 0.15) is 50.2 Å². The van der Waals surface area contributed by atoms with Crippen molar-refractivity contribution in [3.05, 3.63) is 35.4 Å². The Bertz CT molecular complexity index is 1250. The zero-order chi connectivity index (χ0) is 38.2. The molecule has 3 rings (SSSR count). The molecule has 0 aliphatic heterocycles. The molecule has 2 aliphatic carbocycles. The van der Waals surface area contributed by atoms with Crippen LogP contribution in [0.2, 0.25) is 0 Å². The molecule has 6 unspecified atom stereocenters. The molecule has 0 radical (unpaired) electrons. The Morgan fingerprint density at radius 2 is 1.04 bits per heavy atom. The van der Waals surface area contributed by atoms with Gasteiger partial charge in [-0.05, 0) is 42.6 Å². The molecule has 0 amide bonds. The molecule has 6 atom stereocenters. The lowest BCUT2D eigenvalue weighted by Crippen LogP contribution is -2.72. The average molecular weight is 756 g/mol. The van der Waals surface area contributed by atoms with Crippen LogP contribution in [0, 0.1) is 23.7 Å². The fourth-order valence-corrected chi connectivity index (χ4v) is 6.97. The van der Waals surface area contributed by atoms with Crippen molar-refractivity contribution in [3.8, 4) is 0 Å². The lowest BCUT2D eigenvalue weighted by Gasteiger charge is -2.51. The Morgan fingerprint density at radius 3 is 1.41 bits per heavy atom. The molecule has 0 heterocycles. The van der Waals surface area contributed by atoms with Gasteiger partial charge in [-0.1, -0.05) is 38.1 Å². The van der Waals surface area contributed by atoms with Gasteiger partial charge in [-0.2, -0.15) is 79.0 Å². The predicted octanol–water partition coefficient (Wildman–Crippen LogP) is 8.86. The molecule has 4 nitrogen and oxygen atoms in total. The second kappa shape index (κ2) is 12.5. The van der Waals surface area contributed by atoms with Crippen LogP contribution in [-0.4, -0.2) is 71.4 Å². The Hall–Kier alpha value is -2.20. The molecule has 0 spiro atoms. The third-order valence-electron chi connectivity index (χ3n) is 9.49. The minimum Gasteiger partial charge on any atom is -0.373 e. The first-order valence-electron chi connectivity index (χ1n) is 14.0. The fourth-order valence-electron chi connectivity index (χ4n) is 6.97. The van der Waals surface area contributed by atoms with Crippen LogP contribution in [0.25, 0.3) is 0 Å². The molecule has 1 aromatic rings. The summed E-state index contributed by atoms with van der Waals surface area (Å²) in [6.07, 6.45) is -46.0. The number of hydrogen-bond acceptors (Lipinski definition) is 4. The Kier molecular flexibility index (Phi) is 10.5. The Balaban J connectivity index is 2.10. The molecular weight excluding hydrogens is 730 g/mol. The summed E-state index contributed by atoms with van der Waals surface area (Å²) in [6.45, 7) is 0.959. The molecule has 1 aromatic carbocycles.